The van der Waals surface area contributed by atoms with Crippen LogP contribution in [0.1, 0.15) is 42.5 Å². The summed E-state index contributed by atoms with van der Waals surface area (Å²) in [5.74, 6) is 0.234. The van der Waals surface area contributed by atoms with Crippen molar-refractivity contribution in [1.82, 2.24) is 4.90 Å². The van der Waals surface area contributed by atoms with Crippen LogP contribution < -0.4 is 0 Å². The number of likely N-dealkylation sites (tertiary alicyclic amines) is 1. The maximum absolute atomic E-state index is 12.2. The van der Waals surface area contributed by atoms with E-state index in [9.17, 15) is 4.79 Å². The van der Waals surface area contributed by atoms with Gasteiger partial charge in [0.1, 0.15) is 0 Å². The maximum atomic E-state index is 12.2. The molecule has 1 amide bonds. The zero-order chi connectivity index (χ0) is 11.0. The van der Waals surface area contributed by atoms with Crippen LogP contribution in [0.3, 0.4) is 0 Å². The van der Waals surface area contributed by atoms with Crippen molar-refractivity contribution in [3.8, 4) is 0 Å². The molecule has 3 rings (SSSR count). The zero-order valence-corrected chi connectivity index (χ0v) is 9.43. The molecular formula is C14H17NO. The molecule has 1 heterocycles. The minimum Gasteiger partial charge on any atom is -0.329 e. The van der Waals surface area contributed by atoms with E-state index in [0.29, 0.717) is 12.1 Å². The van der Waals surface area contributed by atoms with Crippen LogP contribution in [0, 0.1) is 0 Å². The number of rotatable bonds is 1. The first-order chi connectivity index (χ1) is 7.88. The van der Waals surface area contributed by atoms with E-state index in [4.69, 9.17) is 0 Å². The molecule has 2 aliphatic rings. The first-order valence-corrected chi connectivity index (χ1v) is 6.25. The van der Waals surface area contributed by atoms with Crippen LogP contribution in [0.2, 0.25) is 0 Å². The highest BCUT2D eigenvalue weighted by molar-refractivity contribution is 5.96. The van der Waals surface area contributed by atoms with E-state index in [1.807, 2.05) is 30.3 Å². The van der Waals surface area contributed by atoms with Gasteiger partial charge in [-0.3, -0.25) is 4.79 Å². The first-order valence-electron chi connectivity index (χ1n) is 6.25. The fourth-order valence-corrected chi connectivity index (χ4v) is 2.91. The quantitative estimate of drug-likeness (QED) is 0.659. The lowest BCUT2D eigenvalue weighted by molar-refractivity contribution is 0.0860. The predicted molar refractivity (Wildman–Crippen MR) is 63.3 cm³/mol. The Kier molecular flexibility index (Phi) is 2.43. The molecule has 2 nitrogen and oxygen atoms in total. The van der Waals surface area contributed by atoms with Gasteiger partial charge >= 0.3 is 0 Å². The SMILES string of the molecule is O=C(c1ccccc1)N1C2CCCCCC21. The average Bonchev–Trinajstić information content (AvgIpc) is 3.04. The summed E-state index contributed by atoms with van der Waals surface area (Å²) in [5, 5.41) is 0. The van der Waals surface area contributed by atoms with Crippen molar-refractivity contribution >= 4 is 5.91 Å². The van der Waals surface area contributed by atoms with E-state index in [1.54, 1.807) is 0 Å². The van der Waals surface area contributed by atoms with Gasteiger partial charge in [-0.1, -0.05) is 37.5 Å². The molecule has 1 aliphatic carbocycles. The lowest BCUT2D eigenvalue weighted by Crippen LogP contribution is -2.15. The summed E-state index contributed by atoms with van der Waals surface area (Å²) in [6.45, 7) is 0. The van der Waals surface area contributed by atoms with Crippen LogP contribution in [0.15, 0.2) is 30.3 Å². The lowest BCUT2D eigenvalue weighted by Gasteiger charge is -2.06. The van der Waals surface area contributed by atoms with Crippen LogP contribution in [-0.4, -0.2) is 22.9 Å². The second-order valence-corrected chi connectivity index (χ2v) is 4.85. The molecule has 2 fully saturated rings. The largest absolute Gasteiger partial charge is 0.329 e. The topological polar surface area (TPSA) is 20.1 Å². The number of fused-ring (bicyclic) bond motifs is 1. The van der Waals surface area contributed by atoms with Crippen LogP contribution in [0.25, 0.3) is 0 Å². The molecule has 1 aliphatic heterocycles. The van der Waals surface area contributed by atoms with Gasteiger partial charge in [0.15, 0.2) is 0 Å². The lowest BCUT2D eigenvalue weighted by atomic mass is 10.2. The molecule has 0 spiro atoms. The van der Waals surface area contributed by atoms with Crippen molar-refractivity contribution in [1.29, 1.82) is 0 Å². The highest BCUT2D eigenvalue weighted by atomic mass is 16.2. The Hall–Kier alpha value is -1.31. The van der Waals surface area contributed by atoms with Crippen molar-refractivity contribution in [2.24, 2.45) is 0 Å². The van der Waals surface area contributed by atoms with Crippen molar-refractivity contribution in [2.45, 2.75) is 44.2 Å². The summed E-state index contributed by atoms with van der Waals surface area (Å²) >= 11 is 0. The third-order valence-corrected chi connectivity index (χ3v) is 3.82. The predicted octanol–water partition coefficient (Wildman–Crippen LogP) is 2.84. The van der Waals surface area contributed by atoms with Crippen molar-refractivity contribution < 1.29 is 4.79 Å². The molecule has 1 saturated heterocycles. The molecule has 0 radical (unpaired) electrons. The molecule has 2 heteroatoms. The van der Waals surface area contributed by atoms with E-state index in [1.165, 1.54) is 32.1 Å². The minimum atomic E-state index is 0.234. The van der Waals surface area contributed by atoms with Gasteiger partial charge < -0.3 is 4.90 Å². The van der Waals surface area contributed by atoms with Gasteiger partial charge in [0, 0.05) is 5.56 Å². The van der Waals surface area contributed by atoms with Gasteiger partial charge in [0.05, 0.1) is 12.1 Å². The standard InChI is InChI=1S/C14H17NO/c16-14(11-7-3-1-4-8-11)15-12-9-5-2-6-10-13(12)15/h1,3-4,7-8,12-13H,2,5-6,9-10H2. The second kappa shape index (κ2) is 3.93. The minimum absolute atomic E-state index is 0.234. The Morgan fingerprint density at radius 1 is 1.00 bits per heavy atom. The van der Waals surface area contributed by atoms with E-state index in [2.05, 4.69) is 4.90 Å². The normalized spacial score (nSPS) is 28.1. The summed E-state index contributed by atoms with van der Waals surface area (Å²) < 4.78 is 0. The number of amides is 1. The molecule has 2 unspecified atom stereocenters. The summed E-state index contributed by atoms with van der Waals surface area (Å²) in [4.78, 5) is 14.3. The van der Waals surface area contributed by atoms with E-state index in [0.717, 1.165) is 5.56 Å². The molecule has 0 aromatic heterocycles. The van der Waals surface area contributed by atoms with Gasteiger partial charge in [-0.2, -0.15) is 0 Å². The van der Waals surface area contributed by atoms with Gasteiger partial charge in [-0.05, 0) is 25.0 Å². The number of benzene rings is 1. The van der Waals surface area contributed by atoms with E-state index in [-0.39, 0.29) is 5.91 Å². The van der Waals surface area contributed by atoms with Crippen LogP contribution >= 0.6 is 0 Å². The molecule has 84 valence electrons. The first kappa shape index (κ1) is 9.88. The Morgan fingerprint density at radius 3 is 2.25 bits per heavy atom. The van der Waals surface area contributed by atoms with Crippen molar-refractivity contribution in [3.05, 3.63) is 35.9 Å². The zero-order valence-electron chi connectivity index (χ0n) is 9.43. The number of hydrogen-bond donors (Lipinski definition) is 0. The molecule has 1 saturated carbocycles. The fourth-order valence-electron chi connectivity index (χ4n) is 2.91. The number of carbonyl (C=O) groups is 1. The fraction of sp³-hybridized carbons (Fsp3) is 0.500. The number of hydrogen-bond acceptors (Lipinski definition) is 1. The molecule has 1 aromatic carbocycles. The van der Waals surface area contributed by atoms with Crippen molar-refractivity contribution in [3.63, 3.8) is 0 Å². The number of nitrogens with zero attached hydrogens (tertiary/aromatic N) is 1. The smallest absolute Gasteiger partial charge is 0.254 e. The maximum Gasteiger partial charge on any atom is 0.254 e. The van der Waals surface area contributed by atoms with Gasteiger partial charge in [-0.15, -0.1) is 0 Å². The van der Waals surface area contributed by atoms with Gasteiger partial charge in [-0.25, -0.2) is 0 Å². The molecule has 2 atom stereocenters. The molecule has 0 N–H and O–H groups in total. The summed E-state index contributed by atoms with van der Waals surface area (Å²) in [6, 6.07) is 10.8. The van der Waals surface area contributed by atoms with Crippen LogP contribution in [0.4, 0.5) is 0 Å². The average molecular weight is 215 g/mol. The van der Waals surface area contributed by atoms with Crippen LogP contribution in [0.5, 0.6) is 0 Å². The molecular weight excluding hydrogens is 198 g/mol. The summed E-state index contributed by atoms with van der Waals surface area (Å²) in [6.07, 6.45) is 6.35. The Balaban J connectivity index is 1.74. The van der Waals surface area contributed by atoms with E-state index >= 15 is 0 Å². The van der Waals surface area contributed by atoms with Gasteiger partial charge in [0.25, 0.3) is 5.91 Å². The monoisotopic (exact) mass is 215 g/mol. The highest BCUT2D eigenvalue weighted by Crippen LogP contribution is 2.40. The highest BCUT2D eigenvalue weighted by Gasteiger charge is 2.50. The summed E-state index contributed by atoms with van der Waals surface area (Å²) in [5.41, 5.74) is 0.843. The van der Waals surface area contributed by atoms with E-state index < -0.39 is 0 Å². The second-order valence-electron chi connectivity index (χ2n) is 4.85. The number of carbonyl (C=O) groups excluding carboxylic acids is 1. The molecule has 1 aromatic rings. The Bertz CT molecular complexity index is 375. The van der Waals surface area contributed by atoms with Gasteiger partial charge in [0.2, 0.25) is 0 Å². The molecule has 16 heavy (non-hydrogen) atoms. The summed E-state index contributed by atoms with van der Waals surface area (Å²) in [7, 11) is 0. The third-order valence-electron chi connectivity index (χ3n) is 3.82. The Morgan fingerprint density at radius 2 is 1.62 bits per heavy atom. The third kappa shape index (κ3) is 1.62. The molecule has 0 bridgehead atoms. The Labute approximate surface area is 96.3 Å². The van der Waals surface area contributed by atoms with Crippen LogP contribution in [-0.2, 0) is 0 Å². The van der Waals surface area contributed by atoms with Crippen molar-refractivity contribution in [2.75, 3.05) is 0 Å².